The van der Waals surface area contributed by atoms with Crippen molar-refractivity contribution in [2.75, 3.05) is 0 Å². The van der Waals surface area contributed by atoms with Gasteiger partial charge >= 0.3 is 5.97 Å². The average Bonchev–Trinajstić information content (AvgIpc) is 2.82. The standard InChI is InChI=1S/C11H10ClNO3S/c1-6-11(7-2-3-8(12)17-7)16-9(13-6)4-5-10(14)15/h2-3H,4-5H2,1H3,(H,14,15). The summed E-state index contributed by atoms with van der Waals surface area (Å²) in [5.74, 6) is 0.258. The van der Waals surface area contributed by atoms with E-state index in [-0.39, 0.29) is 6.42 Å². The maximum Gasteiger partial charge on any atom is 0.303 e. The van der Waals surface area contributed by atoms with Crippen molar-refractivity contribution < 1.29 is 14.3 Å². The van der Waals surface area contributed by atoms with Gasteiger partial charge in [-0.2, -0.15) is 0 Å². The van der Waals surface area contributed by atoms with Gasteiger partial charge in [0.1, 0.15) is 0 Å². The Morgan fingerprint density at radius 3 is 2.94 bits per heavy atom. The number of carboxylic acid groups (broad SMARTS) is 1. The second kappa shape index (κ2) is 4.89. The molecule has 0 fully saturated rings. The Labute approximate surface area is 107 Å². The third kappa shape index (κ3) is 2.87. The van der Waals surface area contributed by atoms with Crippen molar-refractivity contribution in [1.29, 1.82) is 0 Å². The van der Waals surface area contributed by atoms with Crippen molar-refractivity contribution in [3.63, 3.8) is 0 Å². The molecule has 0 amide bonds. The topological polar surface area (TPSA) is 63.3 Å². The molecular formula is C11H10ClNO3S. The second-order valence-corrected chi connectivity index (χ2v) is 5.23. The molecule has 1 N–H and O–H groups in total. The molecule has 0 saturated heterocycles. The van der Waals surface area contributed by atoms with E-state index in [0.717, 1.165) is 10.6 Å². The lowest BCUT2D eigenvalue weighted by Gasteiger charge is -1.91. The van der Waals surface area contributed by atoms with Crippen molar-refractivity contribution in [3.05, 3.63) is 28.1 Å². The summed E-state index contributed by atoms with van der Waals surface area (Å²) in [6.07, 6.45) is 0.319. The first-order chi connectivity index (χ1) is 8.06. The van der Waals surface area contributed by atoms with Crippen molar-refractivity contribution in [3.8, 4) is 10.6 Å². The predicted octanol–water partition coefficient (Wildman–Crippen LogP) is 3.38. The number of thiophene rings is 1. The average molecular weight is 272 g/mol. The van der Waals surface area contributed by atoms with E-state index in [2.05, 4.69) is 4.98 Å². The van der Waals surface area contributed by atoms with Crippen LogP contribution in [-0.2, 0) is 11.2 Å². The van der Waals surface area contributed by atoms with Gasteiger partial charge in [0.25, 0.3) is 0 Å². The van der Waals surface area contributed by atoms with Crippen LogP contribution in [0.4, 0.5) is 0 Å². The first-order valence-electron chi connectivity index (χ1n) is 5.00. The predicted molar refractivity (Wildman–Crippen MR) is 65.5 cm³/mol. The van der Waals surface area contributed by atoms with Crippen LogP contribution in [-0.4, -0.2) is 16.1 Å². The van der Waals surface area contributed by atoms with Crippen LogP contribution in [0.2, 0.25) is 4.34 Å². The molecule has 2 rings (SSSR count). The van der Waals surface area contributed by atoms with Crippen LogP contribution in [0.1, 0.15) is 18.0 Å². The van der Waals surface area contributed by atoms with Gasteiger partial charge in [0.2, 0.25) is 0 Å². The molecule has 0 radical (unpaired) electrons. The van der Waals surface area contributed by atoms with Crippen molar-refractivity contribution in [1.82, 2.24) is 4.98 Å². The molecule has 0 aliphatic heterocycles. The Morgan fingerprint density at radius 2 is 2.35 bits per heavy atom. The van der Waals surface area contributed by atoms with E-state index < -0.39 is 5.97 Å². The van der Waals surface area contributed by atoms with Gasteiger partial charge in [-0.3, -0.25) is 4.79 Å². The summed E-state index contributed by atoms with van der Waals surface area (Å²) in [6.45, 7) is 1.83. The van der Waals surface area contributed by atoms with Gasteiger partial charge in [0.15, 0.2) is 11.7 Å². The molecule has 2 aromatic heterocycles. The molecule has 90 valence electrons. The van der Waals surface area contributed by atoms with Crippen molar-refractivity contribution >= 4 is 28.9 Å². The lowest BCUT2D eigenvalue weighted by molar-refractivity contribution is -0.137. The SMILES string of the molecule is Cc1nc(CCC(=O)O)oc1-c1ccc(Cl)s1. The van der Waals surface area contributed by atoms with Crippen LogP contribution in [0.5, 0.6) is 0 Å². The number of aliphatic carboxylic acids is 1. The van der Waals surface area contributed by atoms with Crippen LogP contribution >= 0.6 is 22.9 Å². The fourth-order valence-corrected chi connectivity index (χ4v) is 2.51. The third-order valence-corrected chi connectivity index (χ3v) is 3.42. The summed E-state index contributed by atoms with van der Waals surface area (Å²) < 4.78 is 6.22. The number of halogens is 1. The second-order valence-electron chi connectivity index (χ2n) is 3.52. The Morgan fingerprint density at radius 1 is 1.59 bits per heavy atom. The summed E-state index contributed by atoms with van der Waals surface area (Å²) >= 11 is 7.26. The molecule has 0 aliphatic carbocycles. The molecule has 17 heavy (non-hydrogen) atoms. The Bertz CT molecular complexity index is 547. The van der Waals surface area contributed by atoms with E-state index >= 15 is 0 Å². The number of hydrogen-bond acceptors (Lipinski definition) is 4. The minimum Gasteiger partial charge on any atom is -0.481 e. The minimum absolute atomic E-state index is 0.0184. The number of nitrogens with zero attached hydrogens (tertiary/aromatic N) is 1. The van der Waals surface area contributed by atoms with E-state index in [1.54, 1.807) is 6.07 Å². The van der Waals surface area contributed by atoms with Gasteiger partial charge in [-0.15, -0.1) is 11.3 Å². The van der Waals surface area contributed by atoms with Gasteiger partial charge in [-0.25, -0.2) is 4.98 Å². The molecule has 0 bridgehead atoms. The highest BCUT2D eigenvalue weighted by molar-refractivity contribution is 7.19. The largest absolute Gasteiger partial charge is 0.481 e. The molecule has 2 heterocycles. The van der Waals surface area contributed by atoms with E-state index in [1.165, 1.54) is 11.3 Å². The maximum atomic E-state index is 10.5. The van der Waals surface area contributed by atoms with Gasteiger partial charge in [0.05, 0.1) is 21.3 Å². The molecule has 0 saturated carbocycles. The summed E-state index contributed by atoms with van der Waals surface area (Å²) in [4.78, 5) is 15.6. The van der Waals surface area contributed by atoms with Crippen LogP contribution in [0.3, 0.4) is 0 Å². The summed E-state index contributed by atoms with van der Waals surface area (Å²) in [5.41, 5.74) is 0.754. The number of aromatic nitrogens is 1. The highest BCUT2D eigenvalue weighted by atomic mass is 35.5. The molecule has 0 aliphatic rings. The van der Waals surface area contributed by atoms with Gasteiger partial charge < -0.3 is 9.52 Å². The first-order valence-corrected chi connectivity index (χ1v) is 6.19. The van der Waals surface area contributed by atoms with Crippen LogP contribution in [0, 0.1) is 6.92 Å². The molecule has 0 spiro atoms. The first kappa shape index (κ1) is 12.1. The Balaban J connectivity index is 2.21. The van der Waals surface area contributed by atoms with Crippen molar-refractivity contribution in [2.45, 2.75) is 19.8 Å². The number of carboxylic acids is 1. The van der Waals surface area contributed by atoms with Crippen LogP contribution in [0.25, 0.3) is 10.6 Å². The molecule has 0 aromatic carbocycles. The summed E-state index contributed by atoms with van der Waals surface area (Å²) in [5, 5.41) is 8.59. The quantitative estimate of drug-likeness (QED) is 0.926. The van der Waals surface area contributed by atoms with E-state index in [1.807, 2.05) is 13.0 Å². The number of aryl methyl sites for hydroxylation is 2. The van der Waals surface area contributed by atoms with Crippen LogP contribution < -0.4 is 0 Å². The zero-order chi connectivity index (χ0) is 12.4. The lowest BCUT2D eigenvalue weighted by atomic mass is 10.3. The van der Waals surface area contributed by atoms with E-state index in [0.29, 0.717) is 22.4 Å². The Kier molecular flexibility index (Phi) is 3.49. The Hall–Kier alpha value is -1.33. The van der Waals surface area contributed by atoms with Gasteiger partial charge in [-0.1, -0.05) is 11.6 Å². The van der Waals surface area contributed by atoms with E-state index in [9.17, 15) is 4.79 Å². The minimum atomic E-state index is -0.860. The number of rotatable bonds is 4. The highest BCUT2D eigenvalue weighted by Gasteiger charge is 2.14. The van der Waals surface area contributed by atoms with Crippen LogP contribution in [0.15, 0.2) is 16.5 Å². The smallest absolute Gasteiger partial charge is 0.303 e. The molecule has 0 atom stereocenters. The molecular weight excluding hydrogens is 262 g/mol. The zero-order valence-electron chi connectivity index (χ0n) is 9.07. The van der Waals surface area contributed by atoms with Gasteiger partial charge in [-0.05, 0) is 19.1 Å². The fraction of sp³-hybridized carbons (Fsp3) is 0.273. The number of carbonyl (C=O) groups is 1. The number of hydrogen-bond donors (Lipinski definition) is 1. The highest BCUT2D eigenvalue weighted by Crippen LogP contribution is 2.33. The summed E-state index contributed by atoms with van der Waals surface area (Å²) in [6, 6.07) is 3.65. The number of oxazole rings is 1. The molecule has 6 heteroatoms. The monoisotopic (exact) mass is 271 g/mol. The fourth-order valence-electron chi connectivity index (χ4n) is 1.44. The van der Waals surface area contributed by atoms with E-state index in [4.69, 9.17) is 21.1 Å². The molecule has 2 aromatic rings. The van der Waals surface area contributed by atoms with Crippen molar-refractivity contribution in [2.24, 2.45) is 0 Å². The third-order valence-electron chi connectivity index (χ3n) is 2.19. The normalized spacial score (nSPS) is 10.7. The molecule has 0 unspecified atom stereocenters. The maximum absolute atomic E-state index is 10.5. The zero-order valence-corrected chi connectivity index (χ0v) is 10.6. The van der Waals surface area contributed by atoms with Gasteiger partial charge in [0, 0.05) is 6.42 Å². The molecule has 4 nitrogen and oxygen atoms in total. The lowest BCUT2D eigenvalue weighted by Crippen LogP contribution is -1.97. The summed E-state index contributed by atoms with van der Waals surface area (Å²) in [7, 11) is 0.